The first-order valence-corrected chi connectivity index (χ1v) is 10.6. The van der Waals surface area contributed by atoms with Gasteiger partial charge in [0.05, 0.1) is 24.9 Å². The zero-order chi connectivity index (χ0) is 20.1. The van der Waals surface area contributed by atoms with Gasteiger partial charge in [0, 0.05) is 25.7 Å². The Morgan fingerprint density at radius 2 is 1.71 bits per heavy atom. The summed E-state index contributed by atoms with van der Waals surface area (Å²) in [4.78, 5) is 17.2. The van der Waals surface area contributed by atoms with Gasteiger partial charge in [0.1, 0.15) is 11.5 Å². The molecule has 1 aromatic rings. The molecule has 6 nitrogen and oxygen atoms in total. The third-order valence-corrected chi connectivity index (χ3v) is 6.31. The lowest BCUT2D eigenvalue weighted by atomic mass is 9.93. The molecule has 2 amide bonds. The van der Waals surface area contributed by atoms with Crippen molar-refractivity contribution in [3.63, 3.8) is 0 Å². The van der Waals surface area contributed by atoms with Gasteiger partial charge in [0.15, 0.2) is 0 Å². The molecule has 0 spiro atoms. The Balaban J connectivity index is 1.51. The van der Waals surface area contributed by atoms with Crippen LogP contribution < -0.4 is 14.8 Å². The molecule has 0 bridgehead atoms. The van der Waals surface area contributed by atoms with E-state index in [9.17, 15) is 4.79 Å². The number of likely N-dealkylation sites (tertiary alicyclic amines) is 2. The molecule has 156 valence electrons. The zero-order valence-electron chi connectivity index (χ0n) is 17.2. The smallest absolute Gasteiger partial charge is 0.321 e. The molecule has 0 radical (unpaired) electrons. The first kappa shape index (κ1) is 21.1. The van der Waals surface area contributed by atoms with Gasteiger partial charge in [-0.1, -0.05) is 18.5 Å². The lowest BCUT2D eigenvalue weighted by molar-refractivity contribution is 0.130. The van der Waals surface area contributed by atoms with Crippen LogP contribution in [0.15, 0.2) is 12.1 Å². The van der Waals surface area contributed by atoms with Gasteiger partial charge >= 0.3 is 6.03 Å². The molecule has 2 aliphatic heterocycles. The topological polar surface area (TPSA) is 54.0 Å². The van der Waals surface area contributed by atoms with Crippen molar-refractivity contribution < 1.29 is 14.3 Å². The number of amides is 2. The van der Waals surface area contributed by atoms with E-state index in [1.165, 1.54) is 32.5 Å². The van der Waals surface area contributed by atoms with E-state index in [1.54, 1.807) is 26.4 Å². The third kappa shape index (κ3) is 5.23. The number of hydrogen-bond acceptors (Lipinski definition) is 4. The Bertz CT molecular complexity index is 669. The normalized spacial score (nSPS) is 19.5. The molecule has 7 heteroatoms. The molecule has 0 unspecified atom stereocenters. The lowest BCUT2D eigenvalue weighted by Crippen LogP contribution is -2.44. The molecule has 2 aliphatic rings. The summed E-state index contributed by atoms with van der Waals surface area (Å²) in [7, 11) is 3.11. The van der Waals surface area contributed by atoms with Crippen molar-refractivity contribution in [2.24, 2.45) is 11.8 Å². The SMILES string of the molecule is COc1cc(OC)c(NC(=O)N2CCC(CN3CCC(C)CC3)CC2)cc1Cl. The summed E-state index contributed by atoms with van der Waals surface area (Å²) >= 11 is 6.20. The molecule has 1 aromatic carbocycles. The largest absolute Gasteiger partial charge is 0.495 e. The highest BCUT2D eigenvalue weighted by molar-refractivity contribution is 6.32. The van der Waals surface area contributed by atoms with Crippen molar-refractivity contribution in [3.05, 3.63) is 17.2 Å². The molecule has 28 heavy (non-hydrogen) atoms. The molecular weight excluding hydrogens is 378 g/mol. The van der Waals surface area contributed by atoms with Gasteiger partial charge in [-0.05, 0) is 56.7 Å². The van der Waals surface area contributed by atoms with Crippen LogP contribution in [0.3, 0.4) is 0 Å². The number of methoxy groups -OCH3 is 2. The molecule has 0 saturated carbocycles. The minimum Gasteiger partial charge on any atom is -0.495 e. The quantitative estimate of drug-likeness (QED) is 0.786. The Morgan fingerprint density at radius 1 is 1.07 bits per heavy atom. The predicted molar refractivity (Wildman–Crippen MR) is 113 cm³/mol. The van der Waals surface area contributed by atoms with Crippen LogP contribution in [0.2, 0.25) is 5.02 Å². The number of carbonyl (C=O) groups excluding carboxylic acids is 1. The first-order valence-electron chi connectivity index (χ1n) is 10.2. The highest BCUT2D eigenvalue weighted by atomic mass is 35.5. The van der Waals surface area contributed by atoms with Crippen LogP contribution in [0.25, 0.3) is 0 Å². The lowest BCUT2D eigenvalue weighted by Gasteiger charge is -2.37. The summed E-state index contributed by atoms with van der Waals surface area (Å²) in [5, 5.41) is 3.37. The summed E-state index contributed by atoms with van der Waals surface area (Å²) in [6, 6.07) is 3.25. The number of anilines is 1. The van der Waals surface area contributed by atoms with Crippen molar-refractivity contribution >= 4 is 23.3 Å². The summed E-state index contributed by atoms with van der Waals surface area (Å²) in [6.07, 6.45) is 4.74. The number of piperidine rings is 2. The number of nitrogens with zero attached hydrogens (tertiary/aromatic N) is 2. The van der Waals surface area contributed by atoms with Gasteiger partial charge in [-0.15, -0.1) is 0 Å². The fraction of sp³-hybridized carbons (Fsp3) is 0.667. The fourth-order valence-corrected chi connectivity index (χ4v) is 4.32. The van der Waals surface area contributed by atoms with Gasteiger partial charge in [-0.25, -0.2) is 4.79 Å². The Kier molecular flexibility index (Phi) is 7.30. The van der Waals surface area contributed by atoms with E-state index in [0.717, 1.165) is 31.8 Å². The Labute approximate surface area is 173 Å². The summed E-state index contributed by atoms with van der Waals surface area (Å²) in [5.74, 6) is 2.60. The van der Waals surface area contributed by atoms with Crippen molar-refractivity contribution in [2.45, 2.75) is 32.6 Å². The van der Waals surface area contributed by atoms with Crippen LogP contribution in [0.1, 0.15) is 32.6 Å². The maximum Gasteiger partial charge on any atom is 0.321 e. The van der Waals surface area contributed by atoms with Gasteiger partial charge in [-0.3, -0.25) is 0 Å². The van der Waals surface area contributed by atoms with Crippen molar-refractivity contribution in [1.29, 1.82) is 0 Å². The van der Waals surface area contributed by atoms with Crippen LogP contribution in [-0.2, 0) is 0 Å². The van der Waals surface area contributed by atoms with Gasteiger partial charge in [0.2, 0.25) is 0 Å². The van der Waals surface area contributed by atoms with Crippen LogP contribution >= 0.6 is 11.6 Å². The van der Waals surface area contributed by atoms with Crippen molar-refractivity contribution in [2.75, 3.05) is 52.3 Å². The third-order valence-electron chi connectivity index (χ3n) is 6.01. The van der Waals surface area contributed by atoms with E-state index >= 15 is 0 Å². The summed E-state index contributed by atoms with van der Waals surface area (Å²) in [5.41, 5.74) is 0.558. The number of urea groups is 1. The molecule has 2 heterocycles. The minimum absolute atomic E-state index is 0.107. The van der Waals surface area contributed by atoms with E-state index in [-0.39, 0.29) is 6.03 Å². The van der Waals surface area contributed by atoms with Crippen molar-refractivity contribution in [1.82, 2.24) is 9.80 Å². The average molecular weight is 410 g/mol. The van der Waals surface area contributed by atoms with Crippen LogP contribution in [-0.4, -0.2) is 62.8 Å². The van der Waals surface area contributed by atoms with Crippen LogP contribution in [0, 0.1) is 11.8 Å². The number of ether oxygens (including phenoxy) is 2. The second-order valence-electron chi connectivity index (χ2n) is 8.03. The highest BCUT2D eigenvalue weighted by Gasteiger charge is 2.26. The molecule has 0 aliphatic carbocycles. The summed E-state index contributed by atoms with van der Waals surface area (Å²) in [6.45, 7) is 7.53. The molecule has 1 N–H and O–H groups in total. The average Bonchev–Trinajstić information content (AvgIpc) is 2.70. The fourth-order valence-electron chi connectivity index (χ4n) is 4.08. The van der Waals surface area contributed by atoms with Crippen LogP contribution in [0.5, 0.6) is 11.5 Å². The van der Waals surface area contributed by atoms with Gasteiger partial charge in [0.25, 0.3) is 0 Å². The molecular formula is C21H32ClN3O3. The van der Waals surface area contributed by atoms with E-state index in [1.807, 2.05) is 4.90 Å². The molecule has 2 saturated heterocycles. The second-order valence-corrected chi connectivity index (χ2v) is 8.44. The van der Waals surface area contributed by atoms with Crippen molar-refractivity contribution in [3.8, 4) is 11.5 Å². The maximum atomic E-state index is 12.7. The number of halogens is 1. The van der Waals surface area contributed by atoms with Gasteiger partial charge < -0.3 is 24.6 Å². The standard InChI is InChI=1S/C21H32ClN3O3/c1-15-4-8-24(9-5-15)14-16-6-10-25(11-7-16)21(26)23-18-12-17(22)19(27-2)13-20(18)28-3/h12-13,15-16H,4-11,14H2,1-3H3,(H,23,26). The van der Waals surface area contributed by atoms with E-state index in [2.05, 4.69) is 17.1 Å². The first-order chi connectivity index (χ1) is 13.5. The monoisotopic (exact) mass is 409 g/mol. The van der Waals surface area contributed by atoms with Crippen LogP contribution in [0.4, 0.5) is 10.5 Å². The zero-order valence-corrected chi connectivity index (χ0v) is 17.9. The number of hydrogen-bond donors (Lipinski definition) is 1. The minimum atomic E-state index is -0.107. The van der Waals surface area contributed by atoms with E-state index in [0.29, 0.717) is 28.1 Å². The number of benzene rings is 1. The molecule has 2 fully saturated rings. The maximum absolute atomic E-state index is 12.7. The van der Waals surface area contributed by atoms with E-state index < -0.39 is 0 Å². The summed E-state index contributed by atoms with van der Waals surface area (Å²) < 4.78 is 10.6. The number of carbonyl (C=O) groups is 1. The molecule has 0 aromatic heterocycles. The molecule has 3 rings (SSSR count). The second kappa shape index (κ2) is 9.70. The Morgan fingerprint density at radius 3 is 2.32 bits per heavy atom. The predicted octanol–water partition coefficient (Wildman–Crippen LogP) is 4.33. The number of rotatable bonds is 5. The van der Waals surface area contributed by atoms with E-state index in [4.69, 9.17) is 21.1 Å². The molecule has 0 atom stereocenters. The van der Waals surface area contributed by atoms with Gasteiger partial charge in [-0.2, -0.15) is 0 Å². The Hall–Kier alpha value is -1.66. The number of nitrogens with one attached hydrogen (secondary N) is 1. The highest BCUT2D eigenvalue weighted by Crippen LogP contribution is 2.36.